The van der Waals surface area contributed by atoms with Crippen LogP contribution in [0.2, 0.25) is 0 Å². The predicted octanol–water partition coefficient (Wildman–Crippen LogP) is -6.93. The largest absolute Gasteiger partial charge is 0.394 e. The van der Waals surface area contributed by atoms with Gasteiger partial charge in [0.05, 0.1) is 18.8 Å². The summed E-state index contributed by atoms with van der Waals surface area (Å²) in [6.45, 7) is 2.94. The van der Waals surface area contributed by atoms with Crippen LogP contribution in [0.15, 0.2) is 0 Å². The first-order chi connectivity index (χ1) is 22.1. The standard InChI is InChI=1S/C27H48N2O18/c1-7-13(32)16(35)19(38)25(41-7)45-21-11(6-30)44-24(40-4)12(29-9(3)31)22(21)46-27-23(18(37)15(34)10(5-28)43-27)47-26-20(39)17(36)14(33)8(2)42-26/h7-8,10-27,30,32-39H,5-6,28H2,1-4H3,(H,29,31)/t7-,8-,10+,11+,12+,13+,14+,15-,16+,17+,18-,19-,20-,21+,22+,23+,24+,25-,26-,27-/m0/s1. The number of nitrogens with one attached hydrogen (secondary N) is 1. The summed E-state index contributed by atoms with van der Waals surface area (Å²) >= 11 is 0. The quantitative estimate of drug-likeness (QED) is 0.102. The van der Waals surface area contributed by atoms with Gasteiger partial charge >= 0.3 is 0 Å². The van der Waals surface area contributed by atoms with Gasteiger partial charge in [-0.05, 0) is 13.8 Å². The highest BCUT2D eigenvalue weighted by Gasteiger charge is 2.56. The van der Waals surface area contributed by atoms with Gasteiger partial charge in [-0.2, -0.15) is 0 Å². The number of methoxy groups -OCH3 is 1. The number of amides is 1. The number of carbonyl (C=O) groups is 1. The van der Waals surface area contributed by atoms with E-state index in [0.717, 1.165) is 0 Å². The Morgan fingerprint density at radius 3 is 1.60 bits per heavy atom. The Morgan fingerprint density at radius 2 is 1.13 bits per heavy atom. The summed E-state index contributed by atoms with van der Waals surface area (Å²) in [5, 5.41) is 97.0. The molecule has 4 rings (SSSR count). The Balaban J connectivity index is 1.71. The number of carbonyl (C=O) groups excluding carboxylic acids is 1. The van der Waals surface area contributed by atoms with Crippen molar-refractivity contribution in [2.75, 3.05) is 20.3 Å². The molecule has 4 fully saturated rings. The van der Waals surface area contributed by atoms with Crippen molar-refractivity contribution >= 4 is 5.91 Å². The first-order valence-electron chi connectivity index (χ1n) is 15.3. The molecule has 0 saturated carbocycles. The van der Waals surface area contributed by atoms with Crippen LogP contribution >= 0.6 is 0 Å². The third kappa shape index (κ3) is 8.06. The molecule has 4 aliphatic rings. The van der Waals surface area contributed by atoms with Gasteiger partial charge in [-0.15, -0.1) is 0 Å². The van der Waals surface area contributed by atoms with E-state index in [1.165, 1.54) is 27.9 Å². The van der Waals surface area contributed by atoms with E-state index in [1.807, 2.05) is 0 Å². The normalized spacial score (nSPS) is 51.0. The van der Waals surface area contributed by atoms with E-state index in [2.05, 4.69) is 5.32 Å². The second-order valence-electron chi connectivity index (χ2n) is 12.1. The van der Waals surface area contributed by atoms with Crippen LogP contribution in [0.1, 0.15) is 20.8 Å². The zero-order valence-corrected chi connectivity index (χ0v) is 26.2. The van der Waals surface area contributed by atoms with E-state index in [0.29, 0.717) is 0 Å². The Kier molecular flexibility index (Phi) is 13.3. The SMILES string of the molecule is CO[C@@H]1O[C@H](CO)[C@@H](O[C@@H]2O[C@@H](C)[C@@H](O)[C@@H](O)[C@@H]2O)[C@H](O[C@@H]2O[C@H](CN)[C@H](O)[C@H](O)[C@H]2O[C@@H]2O[C@@H](C)[C@@H](O)[C@@H](O)[C@@H]2O)[C@H]1NC(C)=O. The van der Waals surface area contributed by atoms with E-state index in [1.54, 1.807) is 0 Å². The molecule has 0 aromatic heterocycles. The van der Waals surface area contributed by atoms with Crippen LogP contribution < -0.4 is 11.1 Å². The lowest BCUT2D eigenvalue weighted by atomic mass is 9.94. The molecule has 12 N–H and O–H groups in total. The summed E-state index contributed by atoms with van der Waals surface area (Å²) in [4.78, 5) is 12.4. The number of ether oxygens (including phenoxy) is 8. The molecule has 0 aliphatic carbocycles. The minimum Gasteiger partial charge on any atom is -0.394 e. The van der Waals surface area contributed by atoms with Gasteiger partial charge in [-0.25, -0.2) is 0 Å². The van der Waals surface area contributed by atoms with Crippen molar-refractivity contribution in [1.82, 2.24) is 5.32 Å². The van der Waals surface area contributed by atoms with Gasteiger partial charge in [0.15, 0.2) is 25.2 Å². The average Bonchev–Trinajstić information content (AvgIpc) is 3.04. The molecule has 0 radical (unpaired) electrons. The fraction of sp³-hybridized carbons (Fsp3) is 0.963. The minimum atomic E-state index is -1.82. The van der Waals surface area contributed by atoms with Crippen molar-refractivity contribution in [2.45, 2.75) is 144 Å². The molecule has 20 heteroatoms. The van der Waals surface area contributed by atoms with Crippen LogP contribution in [0.3, 0.4) is 0 Å². The second kappa shape index (κ2) is 16.2. The Labute approximate surface area is 269 Å². The van der Waals surface area contributed by atoms with Gasteiger partial charge in [0.25, 0.3) is 0 Å². The third-order valence-corrected chi connectivity index (χ3v) is 8.80. The number of hydrogen-bond acceptors (Lipinski definition) is 19. The highest BCUT2D eigenvalue weighted by molar-refractivity contribution is 5.73. The molecule has 274 valence electrons. The van der Waals surface area contributed by atoms with Crippen LogP contribution in [-0.2, 0) is 42.7 Å². The van der Waals surface area contributed by atoms with Crippen molar-refractivity contribution in [1.29, 1.82) is 0 Å². The lowest BCUT2D eigenvalue weighted by molar-refractivity contribution is -0.389. The maximum absolute atomic E-state index is 12.4. The molecular weight excluding hydrogens is 640 g/mol. The summed E-state index contributed by atoms with van der Waals surface area (Å²) in [5.41, 5.74) is 5.78. The molecule has 0 spiro atoms. The van der Waals surface area contributed by atoms with Gasteiger partial charge in [0.2, 0.25) is 5.91 Å². The molecule has 0 aromatic rings. The van der Waals surface area contributed by atoms with E-state index >= 15 is 0 Å². The van der Waals surface area contributed by atoms with E-state index in [4.69, 9.17) is 43.6 Å². The fourth-order valence-electron chi connectivity index (χ4n) is 6.04. The molecule has 20 atom stereocenters. The molecule has 4 heterocycles. The zero-order chi connectivity index (χ0) is 34.9. The number of hydrogen-bond donors (Lipinski definition) is 11. The highest BCUT2D eigenvalue weighted by Crippen LogP contribution is 2.35. The second-order valence-corrected chi connectivity index (χ2v) is 12.1. The molecule has 0 aromatic carbocycles. The van der Waals surface area contributed by atoms with E-state index in [-0.39, 0.29) is 6.54 Å². The molecule has 20 nitrogen and oxygen atoms in total. The van der Waals surface area contributed by atoms with Gasteiger partial charge in [-0.3, -0.25) is 4.79 Å². The Bertz CT molecular complexity index is 1020. The monoisotopic (exact) mass is 688 g/mol. The van der Waals surface area contributed by atoms with Gasteiger partial charge in [-0.1, -0.05) is 0 Å². The molecule has 4 saturated heterocycles. The third-order valence-electron chi connectivity index (χ3n) is 8.80. The topological polar surface area (TPSA) is 311 Å². The van der Waals surface area contributed by atoms with Crippen molar-refractivity contribution < 1.29 is 88.6 Å². The van der Waals surface area contributed by atoms with Crippen molar-refractivity contribution in [2.24, 2.45) is 5.73 Å². The lowest BCUT2D eigenvalue weighted by Gasteiger charge is -2.51. The number of nitrogens with two attached hydrogens (primary N) is 1. The van der Waals surface area contributed by atoms with Gasteiger partial charge < -0.3 is 94.9 Å². The molecule has 1 amide bonds. The smallest absolute Gasteiger partial charge is 0.217 e. The molecule has 0 unspecified atom stereocenters. The van der Waals surface area contributed by atoms with Crippen LogP contribution in [0.5, 0.6) is 0 Å². The van der Waals surface area contributed by atoms with Crippen molar-refractivity contribution in [3.05, 3.63) is 0 Å². The molecule has 47 heavy (non-hydrogen) atoms. The Hall–Kier alpha value is -1.25. The first-order valence-corrected chi connectivity index (χ1v) is 15.3. The molecule has 0 bridgehead atoms. The predicted molar refractivity (Wildman–Crippen MR) is 149 cm³/mol. The summed E-state index contributed by atoms with van der Waals surface area (Å²) in [5.74, 6) is -0.593. The summed E-state index contributed by atoms with van der Waals surface area (Å²) in [6.07, 6.45) is -29.0. The van der Waals surface area contributed by atoms with Crippen LogP contribution in [0.25, 0.3) is 0 Å². The Morgan fingerprint density at radius 1 is 0.638 bits per heavy atom. The average molecular weight is 689 g/mol. The number of rotatable bonds is 10. The van der Waals surface area contributed by atoms with Crippen molar-refractivity contribution in [3.8, 4) is 0 Å². The van der Waals surface area contributed by atoms with Crippen LogP contribution in [-0.4, -0.2) is 195 Å². The molecular formula is C27H48N2O18. The minimum absolute atomic E-state index is 0.321. The summed E-state index contributed by atoms with van der Waals surface area (Å²) in [7, 11) is 1.25. The molecule has 4 aliphatic heterocycles. The van der Waals surface area contributed by atoms with E-state index in [9.17, 15) is 50.8 Å². The lowest BCUT2D eigenvalue weighted by Crippen LogP contribution is -2.70. The van der Waals surface area contributed by atoms with E-state index < -0.39 is 135 Å². The fourth-order valence-corrected chi connectivity index (χ4v) is 6.04. The zero-order valence-electron chi connectivity index (χ0n) is 26.2. The van der Waals surface area contributed by atoms with Crippen molar-refractivity contribution in [3.63, 3.8) is 0 Å². The number of aliphatic hydroxyl groups excluding tert-OH is 9. The summed E-state index contributed by atoms with van der Waals surface area (Å²) in [6, 6.07) is -1.27. The summed E-state index contributed by atoms with van der Waals surface area (Å²) < 4.78 is 46.4. The first kappa shape index (κ1) is 38.6. The van der Waals surface area contributed by atoms with Gasteiger partial charge in [0, 0.05) is 20.6 Å². The van der Waals surface area contributed by atoms with Gasteiger partial charge in [0.1, 0.15) is 85.4 Å². The van der Waals surface area contributed by atoms with Crippen LogP contribution in [0.4, 0.5) is 0 Å². The maximum Gasteiger partial charge on any atom is 0.217 e. The van der Waals surface area contributed by atoms with Crippen LogP contribution in [0, 0.1) is 0 Å². The maximum atomic E-state index is 12.4. The highest BCUT2D eigenvalue weighted by atomic mass is 16.8. The number of aliphatic hydroxyl groups is 9.